The Morgan fingerprint density at radius 3 is 2.88 bits per heavy atom. The van der Waals surface area contributed by atoms with E-state index in [0.717, 1.165) is 44.6 Å². The molecule has 2 aliphatic rings. The normalized spacial score (nSPS) is 23.7. The minimum absolute atomic E-state index is 0.0528. The zero-order valence-electron chi connectivity index (χ0n) is 15.9. The molecule has 144 valence electrons. The van der Waals surface area contributed by atoms with Crippen LogP contribution in [0.4, 0.5) is 0 Å². The molecule has 3 heterocycles. The number of likely N-dealkylation sites (tertiary alicyclic amines) is 2. The van der Waals surface area contributed by atoms with E-state index in [0.29, 0.717) is 32.5 Å². The molecule has 26 heavy (non-hydrogen) atoms. The van der Waals surface area contributed by atoms with Crippen LogP contribution < -0.4 is 0 Å². The minimum atomic E-state index is 0.0528. The summed E-state index contributed by atoms with van der Waals surface area (Å²) in [6.45, 7) is 6.17. The van der Waals surface area contributed by atoms with Gasteiger partial charge in [0.25, 0.3) is 0 Å². The molecule has 2 fully saturated rings. The van der Waals surface area contributed by atoms with Crippen molar-refractivity contribution >= 4 is 11.8 Å². The van der Waals surface area contributed by atoms with Gasteiger partial charge in [0.15, 0.2) is 0 Å². The first kappa shape index (κ1) is 18.9. The van der Waals surface area contributed by atoms with Crippen LogP contribution in [-0.4, -0.2) is 71.3 Å². The van der Waals surface area contributed by atoms with Gasteiger partial charge >= 0.3 is 0 Å². The van der Waals surface area contributed by atoms with Gasteiger partial charge in [-0.25, -0.2) is 0 Å². The van der Waals surface area contributed by atoms with Crippen LogP contribution >= 0.6 is 0 Å². The lowest BCUT2D eigenvalue weighted by Crippen LogP contribution is -2.55. The lowest BCUT2D eigenvalue weighted by Gasteiger charge is -2.48. The smallest absolute Gasteiger partial charge is 0.224 e. The lowest BCUT2D eigenvalue weighted by atomic mass is 9.73. The van der Waals surface area contributed by atoms with Gasteiger partial charge in [-0.1, -0.05) is 0 Å². The predicted molar refractivity (Wildman–Crippen MR) is 97.5 cm³/mol. The highest BCUT2D eigenvalue weighted by atomic mass is 16.5. The number of nitrogens with zero attached hydrogens (tertiary/aromatic N) is 4. The Morgan fingerprint density at radius 1 is 1.31 bits per heavy atom. The largest absolute Gasteiger partial charge is 0.383 e. The first-order valence-electron chi connectivity index (χ1n) is 9.56. The fraction of sp³-hybridized carbons (Fsp3) is 0.737. The summed E-state index contributed by atoms with van der Waals surface area (Å²) in [5, 5.41) is 4.25. The van der Waals surface area contributed by atoms with Crippen molar-refractivity contribution in [3.8, 4) is 0 Å². The van der Waals surface area contributed by atoms with Crippen LogP contribution in [0.2, 0.25) is 0 Å². The number of hydrogen-bond acceptors (Lipinski definition) is 4. The molecule has 2 saturated heterocycles. The van der Waals surface area contributed by atoms with E-state index in [2.05, 4.69) is 5.10 Å². The molecule has 1 aromatic rings. The number of carbonyl (C=O) groups is 2. The maximum atomic E-state index is 12.7. The van der Waals surface area contributed by atoms with Gasteiger partial charge in [-0.05, 0) is 32.3 Å². The van der Waals surface area contributed by atoms with E-state index < -0.39 is 0 Å². The number of ether oxygens (including phenoxy) is 1. The summed E-state index contributed by atoms with van der Waals surface area (Å²) in [6, 6.07) is 1.95. The molecule has 1 atom stereocenters. The van der Waals surface area contributed by atoms with Crippen molar-refractivity contribution in [2.75, 3.05) is 39.9 Å². The van der Waals surface area contributed by atoms with Gasteiger partial charge in [-0.15, -0.1) is 0 Å². The third-order valence-corrected chi connectivity index (χ3v) is 5.79. The maximum Gasteiger partial charge on any atom is 0.224 e. The van der Waals surface area contributed by atoms with Crippen molar-refractivity contribution in [3.05, 3.63) is 18.0 Å². The minimum Gasteiger partial charge on any atom is -0.383 e. The van der Waals surface area contributed by atoms with E-state index >= 15 is 0 Å². The number of rotatable bonds is 6. The van der Waals surface area contributed by atoms with Crippen LogP contribution in [0.3, 0.4) is 0 Å². The predicted octanol–water partition coefficient (Wildman–Crippen LogP) is 1.46. The second-order valence-electron chi connectivity index (χ2n) is 7.67. The van der Waals surface area contributed by atoms with E-state index in [9.17, 15) is 9.59 Å². The van der Waals surface area contributed by atoms with Crippen LogP contribution in [0.5, 0.6) is 0 Å². The molecule has 0 bridgehead atoms. The summed E-state index contributed by atoms with van der Waals surface area (Å²) in [6.07, 6.45) is 5.81. The van der Waals surface area contributed by atoms with Gasteiger partial charge in [0, 0.05) is 70.0 Å². The molecular formula is C19H30N4O3. The lowest BCUT2D eigenvalue weighted by molar-refractivity contribution is -0.143. The van der Waals surface area contributed by atoms with Crippen LogP contribution in [0, 0.1) is 12.3 Å². The molecule has 2 amide bonds. The Hall–Kier alpha value is -1.89. The number of amides is 2. The molecule has 1 unspecified atom stereocenters. The monoisotopic (exact) mass is 362 g/mol. The molecule has 2 aliphatic heterocycles. The second kappa shape index (κ2) is 8.20. The number of hydrogen-bond donors (Lipinski definition) is 0. The van der Waals surface area contributed by atoms with Gasteiger partial charge in [-0.3, -0.25) is 14.3 Å². The summed E-state index contributed by atoms with van der Waals surface area (Å²) in [5.41, 5.74) is 1.13. The molecule has 3 rings (SSSR count). The molecule has 0 radical (unpaired) electrons. The maximum absolute atomic E-state index is 12.7. The molecule has 1 spiro atoms. The molecule has 1 aromatic heterocycles. The highest BCUT2D eigenvalue weighted by Gasteiger charge is 2.42. The summed E-state index contributed by atoms with van der Waals surface area (Å²) in [4.78, 5) is 28.9. The van der Waals surface area contributed by atoms with Crippen LogP contribution in [0.25, 0.3) is 0 Å². The van der Waals surface area contributed by atoms with E-state index in [1.807, 2.05) is 27.5 Å². The average Bonchev–Trinajstić information content (AvgIpc) is 3.06. The number of methoxy groups -OCH3 is 1. The van der Waals surface area contributed by atoms with Gasteiger partial charge in [-0.2, -0.15) is 5.10 Å². The standard InChI is InChI=1S/C19H30N4O3/c1-16-5-9-20-23(16)11-6-18(25)21-10-3-7-19(14-21)8-4-17(24)22(15-19)12-13-26-2/h5,9H,3-4,6-8,10-15H2,1-2H3. The highest BCUT2D eigenvalue weighted by Crippen LogP contribution is 2.39. The van der Waals surface area contributed by atoms with E-state index in [1.54, 1.807) is 13.3 Å². The van der Waals surface area contributed by atoms with Gasteiger partial charge in [0.05, 0.1) is 6.61 Å². The van der Waals surface area contributed by atoms with Gasteiger partial charge < -0.3 is 14.5 Å². The van der Waals surface area contributed by atoms with Crippen molar-refractivity contribution in [1.82, 2.24) is 19.6 Å². The Morgan fingerprint density at radius 2 is 2.15 bits per heavy atom. The number of carbonyl (C=O) groups excluding carboxylic acids is 2. The zero-order chi connectivity index (χ0) is 18.6. The Kier molecular flexibility index (Phi) is 5.96. The first-order valence-corrected chi connectivity index (χ1v) is 9.56. The Bertz CT molecular complexity index is 644. The van der Waals surface area contributed by atoms with E-state index in [-0.39, 0.29) is 17.2 Å². The number of aromatic nitrogens is 2. The van der Waals surface area contributed by atoms with Crippen molar-refractivity contribution in [1.29, 1.82) is 0 Å². The summed E-state index contributed by atoms with van der Waals surface area (Å²) in [5.74, 6) is 0.407. The van der Waals surface area contributed by atoms with Crippen molar-refractivity contribution in [3.63, 3.8) is 0 Å². The quantitative estimate of drug-likeness (QED) is 0.768. The molecule has 0 aromatic carbocycles. The Labute approximate surface area is 155 Å². The molecule has 0 aliphatic carbocycles. The van der Waals surface area contributed by atoms with E-state index in [1.165, 1.54) is 0 Å². The second-order valence-corrected chi connectivity index (χ2v) is 7.67. The summed E-state index contributed by atoms with van der Waals surface area (Å²) < 4.78 is 7.02. The third-order valence-electron chi connectivity index (χ3n) is 5.79. The van der Waals surface area contributed by atoms with Crippen molar-refractivity contribution in [2.24, 2.45) is 5.41 Å². The first-order chi connectivity index (χ1) is 12.5. The summed E-state index contributed by atoms with van der Waals surface area (Å²) >= 11 is 0. The highest BCUT2D eigenvalue weighted by molar-refractivity contribution is 5.78. The SMILES string of the molecule is COCCN1CC2(CCCN(C(=O)CCn3nccc3C)C2)CCC1=O. The fourth-order valence-corrected chi connectivity index (χ4v) is 4.25. The fourth-order valence-electron chi connectivity index (χ4n) is 4.25. The van der Waals surface area contributed by atoms with Crippen molar-refractivity contribution in [2.45, 2.75) is 45.6 Å². The number of piperidine rings is 2. The molecular weight excluding hydrogens is 332 g/mol. The van der Waals surface area contributed by atoms with Crippen LogP contribution in [0.15, 0.2) is 12.3 Å². The third kappa shape index (κ3) is 4.26. The van der Waals surface area contributed by atoms with Crippen LogP contribution in [-0.2, 0) is 20.9 Å². The average molecular weight is 362 g/mol. The van der Waals surface area contributed by atoms with Gasteiger partial charge in [0.2, 0.25) is 11.8 Å². The van der Waals surface area contributed by atoms with Crippen molar-refractivity contribution < 1.29 is 14.3 Å². The molecule has 7 nitrogen and oxygen atoms in total. The Balaban J connectivity index is 1.58. The van der Waals surface area contributed by atoms with E-state index in [4.69, 9.17) is 4.74 Å². The molecule has 0 saturated carbocycles. The zero-order valence-corrected chi connectivity index (χ0v) is 15.9. The molecule has 0 N–H and O–H groups in total. The molecule has 7 heteroatoms. The summed E-state index contributed by atoms with van der Waals surface area (Å²) in [7, 11) is 1.66. The van der Waals surface area contributed by atoms with Gasteiger partial charge in [0.1, 0.15) is 0 Å². The number of aryl methyl sites for hydroxylation is 2. The van der Waals surface area contributed by atoms with Crippen LogP contribution in [0.1, 0.15) is 37.8 Å². The topological polar surface area (TPSA) is 67.7 Å².